The summed E-state index contributed by atoms with van der Waals surface area (Å²) in [5.74, 6) is -0.667. The van der Waals surface area contributed by atoms with Crippen LogP contribution in [0.4, 0.5) is 10.1 Å². The molecule has 0 saturated carbocycles. The fourth-order valence-electron chi connectivity index (χ4n) is 2.47. The molecule has 1 aliphatic rings. The summed E-state index contributed by atoms with van der Waals surface area (Å²) >= 11 is 2.82. The van der Waals surface area contributed by atoms with E-state index in [1.54, 1.807) is 28.4 Å². The van der Waals surface area contributed by atoms with Gasteiger partial charge < -0.3 is 5.32 Å². The number of nitrogens with zero attached hydrogens (tertiary/aromatic N) is 2. The largest absolute Gasteiger partial charge is 0.355 e. The first-order chi connectivity index (χ1) is 12.6. The molecule has 136 valence electrons. The van der Waals surface area contributed by atoms with E-state index in [-0.39, 0.29) is 24.1 Å². The van der Waals surface area contributed by atoms with Gasteiger partial charge in [0.15, 0.2) is 5.17 Å². The van der Waals surface area contributed by atoms with E-state index in [0.717, 1.165) is 4.88 Å². The van der Waals surface area contributed by atoms with Crippen LogP contribution in [-0.4, -0.2) is 33.7 Å². The second-order valence-corrected chi connectivity index (χ2v) is 7.84. The molecule has 1 atom stereocenters. The van der Waals surface area contributed by atoms with Crippen molar-refractivity contribution in [3.05, 3.63) is 52.5 Å². The van der Waals surface area contributed by atoms with Crippen molar-refractivity contribution in [1.29, 1.82) is 0 Å². The Morgan fingerprint density at radius 1 is 1.35 bits per heavy atom. The van der Waals surface area contributed by atoms with Crippen LogP contribution in [0.25, 0.3) is 0 Å². The average Bonchev–Trinajstić information content (AvgIpc) is 3.13. The number of amidine groups is 1. The molecular formula is C18H18FN3O2S2. The predicted molar refractivity (Wildman–Crippen MR) is 103 cm³/mol. The van der Waals surface area contributed by atoms with Gasteiger partial charge in [-0.1, -0.05) is 17.8 Å². The van der Waals surface area contributed by atoms with Gasteiger partial charge in [-0.3, -0.25) is 14.5 Å². The van der Waals surface area contributed by atoms with E-state index < -0.39 is 5.25 Å². The number of benzene rings is 1. The molecule has 0 radical (unpaired) electrons. The molecule has 1 aliphatic heterocycles. The van der Waals surface area contributed by atoms with Crippen molar-refractivity contribution >= 4 is 45.8 Å². The van der Waals surface area contributed by atoms with Crippen molar-refractivity contribution in [2.75, 3.05) is 6.54 Å². The molecular weight excluding hydrogens is 373 g/mol. The lowest BCUT2D eigenvalue weighted by Gasteiger charge is -2.31. The van der Waals surface area contributed by atoms with Gasteiger partial charge in [0, 0.05) is 17.8 Å². The number of thioether (sulfide) groups is 1. The summed E-state index contributed by atoms with van der Waals surface area (Å²) in [5.41, 5.74) is 0.537. The lowest BCUT2D eigenvalue weighted by Crippen LogP contribution is -2.46. The molecule has 1 aromatic carbocycles. The molecule has 0 unspecified atom stereocenters. The monoisotopic (exact) mass is 391 g/mol. The Morgan fingerprint density at radius 2 is 2.12 bits per heavy atom. The maximum absolute atomic E-state index is 13.1. The Morgan fingerprint density at radius 3 is 2.77 bits per heavy atom. The van der Waals surface area contributed by atoms with Crippen molar-refractivity contribution in [2.45, 2.75) is 25.1 Å². The van der Waals surface area contributed by atoms with Gasteiger partial charge in [0.1, 0.15) is 5.82 Å². The molecule has 0 bridgehead atoms. The molecule has 1 fully saturated rings. The summed E-state index contributed by atoms with van der Waals surface area (Å²) in [6, 6.07) is 9.61. The molecule has 3 rings (SSSR count). The number of nitrogens with one attached hydrogen (secondary N) is 1. The van der Waals surface area contributed by atoms with Crippen molar-refractivity contribution in [2.24, 2.45) is 4.99 Å². The van der Waals surface area contributed by atoms with E-state index in [4.69, 9.17) is 0 Å². The zero-order chi connectivity index (χ0) is 18.5. The van der Waals surface area contributed by atoms with Crippen LogP contribution >= 0.6 is 23.1 Å². The van der Waals surface area contributed by atoms with E-state index in [0.29, 0.717) is 23.9 Å². The Hall–Kier alpha value is -2.19. The van der Waals surface area contributed by atoms with Crippen LogP contribution in [0.2, 0.25) is 0 Å². The van der Waals surface area contributed by atoms with Gasteiger partial charge in [-0.15, -0.1) is 11.3 Å². The van der Waals surface area contributed by atoms with E-state index in [1.807, 2.05) is 24.4 Å². The molecule has 1 aromatic heterocycles. The number of carbonyl (C=O) groups is 2. The topological polar surface area (TPSA) is 61.8 Å². The highest BCUT2D eigenvalue weighted by atomic mass is 32.2. The molecule has 1 saturated heterocycles. The quantitative estimate of drug-likeness (QED) is 0.848. The highest BCUT2D eigenvalue weighted by molar-refractivity contribution is 8.15. The van der Waals surface area contributed by atoms with Crippen LogP contribution < -0.4 is 5.32 Å². The minimum atomic E-state index is -0.513. The van der Waals surface area contributed by atoms with Crippen LogP contribution in [0.3, 0.4) is 0 Å². The van der Waals surface area contributed by atoms with E-state index in [1.165, 1.54) is 23.9 Å². The smallest absolute Gasteiger partial charge is 0.234 e. The normalized spacial score (nSPS) is 19.0. The first-order valence-corrected chi connectivity index (χ1v) is 9.94. The summed E-state index contributed by atoms with van der Waals surface area (Å²) in [4.78, 5) is 32.0. The minimum Gasteiger partial charge on any atom is -0.355 e. The summed E-state index contributed by atoms with van der Waals surface area (Å²) in [6.07, 6.45) is 0.129. The highest BCUT2D eigenvalue weighted by Crippen LogP contribution is 2.30. The van der Waals surface area contributed by atoms with Gasteiger partial charge in [-0.25, -0.2) is 9.38 Å². The molecule has 0 spiro atoms. The third-order valence-electron chi connectivity index (χ3n) is 3.73. The lowest BCUT2D eigenvalue weighted by molar-refractivity contribution is -0.130. The molecule has 2 amide bonds. The first-order valence-electron chi connectivity index (χ1n) is 8.18. The van der Waals surface area contributed by atoms with Gasteiger partial charge in [0.05, 0.1) is 17.5 Å². The zero-order valence-electron chi connectivity index (χ0n) is 14.1. The van der Waals surface area contributed by atoms with Crippen molar-refractivity contribution in [3.8, 4) is 0 Å². The van der Waals surface area contributed by atoms with Gasteiger partial charge >= 0.3 is 0 Å². The van der Waals surface area contributed by atoms with Crippen LogP contribution in [0.15, 0.2) is 46.8 Å². The average molecular weight is 391 g/mol. The van der Waals surface area contributed by atoms with Crippen molar-refractivity contribution < 1.29 is 14.0 Å². The van der Waals surface area contributed by atoms with Crippen molar-refractivity contribution in [1.82, 2.24) is 10.2 Å². The Balaban J connectivity index is 1.89. The lowest BCUT2D eigenvalue weighted by atomic mass is 10.2. The van der Waals surface area contributed by atoms with E-state index in [2.05, 4.69) is 10.3 Å². The maximum atomic E-state index is 13.1. The number of carbonyl (C=O) groups excluding carboxylic acids is 2. The predicted octanol–water partition coefficient (Wildman–Crippen LogP) is 3.55. The second-order valence-electron chi connectivity index (χ2n) is 5.64. The molecule has 2 heterocycles. The van der Waals surface area contributed by atoms with Gasteiger partial charge in [0.2, 0.25) is 11.8 Å². The third-order valence-corrected chi connectivity index (χ3v) is 5.78. The Labute approximate surface area is 159 Å². The summed E-state index contributed by atoms with van der Waals surface area (Å²) in [7, 11) is 0. The summed E-state index contributed by atoms with van der Waals surface area (Å²) < 4.78 is 13.1. The molecule has 8 heteroatoms. The summed E-state index contributed by atoms with van der Waals surface area (Å²) in [5, 5.41) is 4.65. The Kier molecular flexibility index (Phi) is 6.05. The van der Waals surface area contributed by atoms with Gasteiger partial charge in [0.25, 0.3) is 0 Å². The van der Waals surface area contributed by atoms with E-state index in [9.17, 15) is 14.0 Å². The number of amides is 2. The van der Waals surface area contributed by atoms with Crippen LogP contribution in [0.5, 0.6) is 0 Å². The molecule has 5 nitrogen and oxygen atoms in total. The van der Waals surface area contributed by atoms with Crippen molar-refractivity contribution in [3.63, 3.8) is 0 Å². The maximum Gasteiger partial charge on any atom is 0.234 e. The fourth-order valence-corrected chi connectivity index (χ4v) is 4.28. The zero-order valence-corrected chi connectivity index (χ0v) is 15.8. The molecule has 2 aromatic rings. The number of aliphatic imine (C=N–C) groups is 1. The minimum absolute atomic E-state index is 0.129. The van der Waals surface area contributed by atoms with Gasteiger partial charge in [-0.2, -0.15) is 0 Å². The molecule has 1 N–H and O–H groups in total. The number of rotatable bonds is 5. The summed E-state index contributed by atoms with van der Waals surface area (Å²) in [6.45, 7) is 2.75. The second kappa shape index (κ2) is 8.46. The Bertz CT molecular complexity index is 806. The molecule has 26 heavy (non-hydrogen) atoms. The standard InChI is InChI=1S/C18H18FN3O2S2/c1-2-20-17(24)15-10-16(23)22(11-14-4-3-9-25-14)18(26-15)21-13-7-5-12(19)6-8-13/h3-9,15H,2,10-11H2,1H3,(H,20,24)/t15-/m0/s1. The third kappa shape index (κ3) is 4.50. The van der Waals surface area contributed by atoms with E-state index >= 15 is 0 Å². The van der Waals surface area contributed by atoms with Crippen LogP contribution in [-0.2, 0) is 16.1 Å². The first kappa shape index (κ1) is 18.6. The molecule has 0 aliphatic carbocycles. The number of halogens is 1. The fraction of sp³-hybridized carbons (Fsp3) is 0.278. The van der Waals surface area contributed by atoms with Crippen LogP contribution in [0.1, 0.15) is 18.2 Å². The highest BCUT2D eigenvalue weighted by Gasteiger charge is 2.35. The number of hydrogen-bond donors (Lipinski definition) is 1. The van der Waals surface area contributed by atoms with Crippen LogP contribution in [0, 0.1) is 5.82 Å². The SMILES string of the molecule is CCNC(=O)[C@@H]1CC(=O)N(Cc2cccs2)C(=Nc2ccc(F)cc2)S1. The number of thiophene rings is 1. The number of hydrogen-bond acceptors (Lipinski definition) is 5. The van der Waals surface area contributed by atoms with Gasteiger partial charge in [-0.05, 0) is 42.6 Å².